The maximum atomic E-state index is 2.35. The summed E-state index contributed by atoms with van der Waals surface area (Å²) in [6.07, 6.45) is 6.75. The van der Waals surface area contributed by atoms with Gasteiger partial charge in [-0.3, -0.25) is 0 Å². The molecule has 0 aliphatic heterocycles. The number of rotatable bonds is 1. The Morgan fingerprint density at radius 2 is 1.91 bits per heavy atom. The first-order chi connectivity index (χ1) is 4.19. The molecule has 0 aromatic carbocycles. The van der Waals surface area contributed by atoms with Gasteiger partial charge in [-0.15, -0.1) is 0 Å². The molecule has 0 fully saturated rings. The van der Waals surface area contributed by atoms with Crippen molar-refractivity contribution < 1.29 is 44.0 Å². The minimum atomic E-state index is 0. The second kappa shape index (κ2) is 5.43. The molecule has 0 aromatic heterocycles. The first kappa shape index (κ1) is 14.3. The summed E-state index contributed by atoms with van der Waals surface area (Å²) in [5, 5.41) is 2.35. The van der Waals surface area contributed by atoms with Crippen LogP contribution in [-0.2, 0) is 19.2 Å². The van der Waals surface area contributed by atoms with Gasteiger partial charge in [-0.05, 0) is 0 Å². The standard InChI is InChI=1S/C7H9.CH3.2ClH.Ti/c1-6-4-3-5-7(6)2;;;;/h3-5H,1-2H3;1H3;2*1H;/q;;;;+2/p-2. The van der Waals surface area contributed by atoms with Crippen LogP contribution in [0.1, 0.15) is 13.8 Å². The van der Waals surface area contributed by atoms with E-state index in [0.29, 0.717) is 3.72 Å². The summed E-state index contributed by atoms with van der Waals surface area (Å²) in [5.74, 6) is 0. The SMILES string of the molecule is [CH3][Ti+2][C]1(C)C=CC=C1C.[Cl-].[Cl-]. The zero-order valence-corrected chi connectivity index (χ0v) is 10.1. The van der Waals surface area contributed by atoms with Crippen LogP contribution >= 0.6 is 0 Å². The van der Waals surface area contributed by atoms with E-state index in [2.05, 4.69) is 37.3 Å². The Labute approximate surface area is 90.3 Å². The largest absolute Gasteiger partial charge is 1.00 e. The maximum Gasteiger partial charge on any atom is -1.00 e. The summed E-state index contributed by atoms with van der Waals surface area (Å²) in [7, 11) is 0. The van der Waals surface area contributed by atoms with E-state index in [4.69, 9.17) is 0 Å². The summed E-state index contributed by atoms with van der Waals surface area (Å²) < 4.78 is 0.500. The smallest absolute Gasteiger partial charge is 1.00 e. The molecule has 1 aliphatic carbocycles. The summed E-state index contributed by atoms with van der Waals surface area (Å²) in [5.41, 5.74) is 1.55. The van der Waals surface area contributed by atoms with Crippen molar-refractivity contribution in [2.24, 2.45) is 0 Å². The second-order valence-corrected chi connectivity index (χ2v) is 5.06. The van der Waals surface area contributed by atoms with Crippen molar-refractivity contribution in [3.63, 3.8) is 0 Å². The zero-order chi connectivity index (χ0) is 6.91. The molecule has 11 heavy (non-hydrogen) atoms. The van der Waals surface area contributed by atoms with E-state index < -0.39 is 0 Å². The summed E-state index contributed by atoms with van der Waals surface area (Å²) >= 11 is 0.204. The van der Waals surface area contributed by atoms with Crippen LogP contribution in [-0.4, -0.2) is 0 Å². The quantitative estimate of drug-likeness (QED) is 0.414. The topological polar surface area (TPSA) is 0 Å². The van der Waals surface area contributed by atoms with E-state index in [1.54, 1.807) is 5.57 Å². The molecule has 0 amide bonds. The van der Waals surface area contributed by atoms with Crippen LogP contribution < -0.4 is 24.8 Å². The molecule has 0 N–H and O–H groups in total. The fourth-order valence-electron chi connectivity index (χ4n) is 0.970. The normalized spacial score (nSPS) is 26.3. The van der Waals surface area contributed by atoms with E-state index >= 15 is 0 Å². The fourth-order valence-corrected chi connectivity index (χ4v) is 2.13. The number of hydrogen-bond acceptors (Lipinski definition) is 0. The zero-order valence-electron chi connectivity index (χ0n) is 6.99. The maximum absolute atomic E-state index is 2.35. The molecule has 0 nitrogen and oxygen atoms in total. The van der Waals surface area contributed by atoms with Crippen molar-refractivity contribution in [2.45, 2.75) is 22.8 Å². The third kappa shape index (κ3) is 2.95. The summed E-state index contributed by atoms with van der Waals surface area (Å²) in [4.78, 5) is 0. The number of hydrogen-bond donors (Lipinski definition) is 0. The molecule has 62 valence electrons. The molecular weight excluding hydrogens is 215 g/mol. The average Bonchev–Trinajstić information content (AvgIpc) is 2.15. The van der Waals surface area contributed by atoms with Gasteiger partial charge in [0, 0.05) is 0 Å². The molecular formula is C8H12Cl2Ti. The van der Waals surface area contributed by atoms with E-state index in [-0.39, 0.29) is 44.0 Å². The van der Waals surface area contributed by atoms with Gasteiger partial charge in [-0.2, -0.15) is 0 Å². The van der Waals surface area contributed by atoms with Crippen molar-refractivity contribution in [1.82, 2.24) is 0 Å². The van der Waals surface area contributed by atoms with Gasteiger partial charge in [0.15, 0.2) is 0 Å². The number of allylic oxidation sites excluding steroid dienone is 4. The Bertz CT molecular complexity index is 175. The third-order valence-corrected chi connectivity index (χ3v) is 4.61. The van der Waals surface area contributed by atoms with E-state index in [9.17, 15) is 0 Å². The van der Waals surface area contributed by atoms with Gasteiger partial charge in [-0.25, -0.2) is 0 Å². The van der Waals surface area contributed by atoms with E-state index in [1.165, 1.54) is 0 Å². The monoisotopic (exact) mass is 226 g/mol. The van der Waals surface area contributed by atoms with Crippen molar-refractivity contribution >= 4 is 0 Å². The summed E-state index contributed by atoms with van der Waals surface area (Å²) in [6, 6.07) is 0. The van der Waals surface area contributed by atoms with Gasteiger partial charge < -0.3 is 24.8 Å². The molecule has 0 bridgehead atoms. The molecule has 0 saturated carbocycles. The van der Waals surface area contributed by atoms with Gasteiger partial charge in [0.1, 0.15) is 0 Å². The van der Waals surface area contributed by atoms with Crippen molar-refractivity contribution in [3.8, 4) is 0 Å². The molecule has 0 aromatic rings. The van der Waals surface area contributed by atoms with Crippen LogP contribution in [0, 0.1) is 0 Å². The average molecular weight is 227 g/mol. The molecule has 1 unspecified atom stereocenters. The van der Waals surface area contributed by atoms with Crippen LogP contribution in [0.2, 0.25) is 8.95 Å². The Morgan fingerprint density at radius 3 is 2.09 bits per heavy atom. The van der Waals surface area contributed by atoms with Gasteiger partial charge in [0.2, 0.25) is 0 Å². The van der Waals surface area contributed by atoms with Crippen LogP contribution in [0.25, 0.3) is 0 Å². The molecule has 0 spiro atoms. The Balaban J connectivity index is 0. The van der Waals surface area contributed by atoms with Gasteiger partial charge in [-0.1, -0.05) is 0 Å². The molecule has 1 atom stereocenters. The van der Waals surface area contributed by atoms with Gasteiger partial charge in [0.05, 0.1) is 0 Å². The molecule has 3 heteroatoms. The van der Waals surface area contributed by atoms with Gasteiger partial charge in [0.25, 0.3) is 0 Å². The minimum absolute atomic E-state index is 0. The third-order valence-electron chi connectivity index (χ3n) is 2.11. The van der Waals surface area contributed by atoms with Crippen LogP contribution in [0.4, 0.5) is 0 Å². The predicted molar refractivity (Wildman–Crippen MR) is 37.1 cm³/mol. The molecule has 0 radical (unpaired) electrons. The van der Waals surface area contributed by atoms with Crippen LogP contribution in [0.5, 0.6) is 0 Å². The molecule has 0 heterocycles. The first-order valence-electron chi connectivity index (χ1n) is 3.24. The molecule has 1 rings (SSSR count). The predicted octanol–water partition coefficient (Wildman–Crippen LogP) is -3.18. The van der Waals surface area contributed by atoms with Crippen LogP contribution in [0.15, 0.2) is 23.8 Å². The Kier molecular flexibility index (Phi) is 7.06. The Hall–Kier alpha value is 0.774. The summed E-state index contributed by atoms with van der Waals surface area (Å²) in [6.45, 7) is 4.56. The van der Waals surface area contributed by atoms with Crippen molar-refractivity contribution in [3.05, 3.63) is 23.8 Å². The van der Waals surface area contributed by atoms with Crippen molar-refractivity contribution in [1.29, 1.82) is 0 Å². The minimum Gasteiger partial charge on any atom is -1.00 e. The van der Waals surface area contributed by atoms with Crippen LogP contribution in [0.3, 0.4) is 0 Å². The Morgan fingerprint density at radius 1 is 1.36 bits per heavy atom. The van der Waals surface area contributed by atoms with Gasteiger partial charge >= 0.3 is 65.7 Å². The second-order valence-electron chi connectivity index (χ2n) is 2.66. The first-order valence-corrected chi connectivity index (χ1v) is 5.59. The fraction of sp³-hybridized carbons (Fsp3) is 0.500. The van der Waals surface area contributed by atoms with E-state index in [1.807, 2.05) is 0 Å². The molecule has 0 saturated heterocycles. The van der Waals surface area contributed by atoms with Crippen molar-refractivity contribution in [2.75, 3.05) is 0 Å². The van der Waals surface area contributed by atoms with E-state index in [0.717, 1.165) is 0 Å². The number of halogens is 2. The molecule has 1 aliphatic rings.